The number of benzene rings is 1. The summed E-state index contributed by atoms with van der Waals surface area (Å²) < 4.78 is 2.05. The summed E-state index contributed by atoms with van der Waals surface area (Å²) in [7, 11) is 0. The Bertz CT molecular complexity index is 1230. The van der Waals surface area contributed by atoms with Crippen LogP contribution in [0.5, 0.6) is 0 Å². The summed E-state index contributed by atoms with van der Waals surface area (Å²) in [6.45, 7) is 4.42. The van der Waals surface area contributed by atoms with Gasteiger partial charge >= 0.3 is 0 Å². The maximum Gasteiger partial charge on any atom is 0.234 e. The van der Waals surface area contributed by atoms with E-state index in [0.29, 0.717) is 0 Å². The Kier molecular flexibility index (Phi) is 5.20. The van der Waals surface area contributed by atoms with Crippen LogP contribution in [0.2, 0.25) is 0 Å². The van der Waals surface area contributed by atoms with Crippen LogP contribution in [0, 0.1) is 5.92 Å². The van der Waals surface area contributed by atoms with Gasteiger partial charge in [0.1, 0.15) is 10.7 Å². The first kappa shape index (κ1) is 19.5. The molecular formula is C22H23N5OS2. The third-order valence-electron chi connectivity index (χ3n) is 5.54. The lowest BCUT2D eigenvalue weighted by molar-refractivity contribution is -0.113. The van der Waals surface area contributed by atoms with E-state index in [1.54, 1.807) is 0 Å². The molecule has 0 saturated heterocycles. The quantitative estimate of drug-likeness (QED) is 0.456. The van der Waals surface area contributed by atoms with Gasteiger partial charge in [-0.05, 0) is 42.9 Å². The number of nitrogens with zero attached hydrogens (tertiary/aromatic N) is 4. The first-order valence-electron chi connectivity index (χ1n) is 10.3. The zero-order chi connectivity index (χ0) is 20.7. The summed E-state index contributed by atoms with van der Waals surface area (Å²) in [6.07, 6.45) is 4.19. The van der Waals surface area contributed by atoms with Crippen molar-refractivity contribution in [1.29, 1.82) is 0 Å². The smallest absolute Gasteiger partial charge is 0.234 e. The second-order valence-corrected chi connectivity index (χ2v) is 9.78. The van der Waals surface area contributed by atoms with E-state index in [9.17, 15) is 4.79 Å². The van der Waals surface area contributed by atoms with Gasteiger partial charge in [0.25, 0.3) is 0 Å². The number of aromatic nitrogens is 4. The maximum atomic E-state index is 12.4. The highest BCUT2D eigenvalue weighted by Crippen LogP contribution is 2.39. The van der Waals surface area contributed by atoms with Gasteiger partial charge in [0.15, 0.2) is 10.8 Å². The molecule has 0 radical (unpaired) electrons. The van der Waals surface area contributed by atoms with Gasteiger partial charge in [-0.1, -0.05) is 43.8 Å². The number of amides is 1. The van der Waals surface area contributed by atoms with E-state index in [4.69, 9.17) is 4.98 Å². The van der Waals surface area contributed by atoms with Gasteiger partial charge in [-0.25, -0.2) is 4.98 Å². The fraction of sp³-hybridized carbons (Fsp3) is 0.364. The van der Waals surface area contributed by atoms with Gasteiger partial charge in [-0.2, -0.15) is 0 Å². The van der Waals surface area contributed by atoms with Gasteiger partial charge in [0.2, 0.25) is 5.91 Å². The molecule has 1 amide bonds. The Morgan fingerprint density at radius 2 is 2.13 bits per heavy atom. The number of thiophene rings is 1. The molecule has 154 valence electrons. The Morgan fingerprint density at radius 3 is 2.93 bits per heavy atom. The van der Waals surface area contributed by atoms with E-state index in [2.05, 4.69) is 29.4 Å². The minimum absolute atomic E-state index is 0.0584. The second-order valence-electron chi connectivity index (χ2n) is 7.76. The van der Waals surface area contributed by atoms with Crippen LogP contribution in [-0.4, -0.2) is 31.2 Å². The maximum absolute atomic E-state index is 12.4. The number of carbonyl (C=O) groups excluding carboxylic acids is 1. The first-order chi connectivity index (χ1) is 14.6. The molecule has 5 rings (SSSR count). The zero-order valence-electron chi connectivity index (χ0n) is 17.0. The molecule has 4 aromatic rings. The van der Waals surface area contributed by atoms with Gasteiger partial charge in [-0.3, -0.25) is 9.20 Å². The van der Waals surface area contributed by atoms with Crippen molar-refractivity contribution in [3.05, 3.63) is 46.6 Å². The molecule has 1 unspecified atom stereocenters. The molecule has 1 N–H and O–H groups in total. The van der Waals surface area contributed by atoms with E-state index in [-0.39, 0.29) is 11.7 Å². The lowest BCUT2D eigenvalue weighted by atomic mass is 9.89. The van der Waals surface area contributed by atoms with Crippen LogP contribution in [0.25, 0.3) is 15.9 Å². The Hall–Kier alpha value is -2.45. The molecule has 0 saturated carbocycles. The molecule has 0 aliphatic heterocycles. The van der Waals surface area contributed by atoms with Crippen LogP contribution < -0.4 is 5.32 Å². The number of rotatable bonds is 5. The first-order valence-corrected chi connectivity index (χ1v) is 12.1. The number of hydrogen-bond donors (Lipinski definition) is 1. The Morgan fingerprint density at radius 1 is 1.30 bits per heavy atom. The average Bonchev–Trinajstić information content (AvgIpc) is 3.32. The monoisotopic (exact) mass is 437 g/mol. The molecule has 1 aliphatic carbocycles. The molecule has 1 aliphatic rings. The molecule has 6 nitrogen and oxygen atoms in total. The van der Waals surface area contributed by atoms with Crippen LogP contribution in [0.3, 0.4) is 0 Å². The minimum atomic E-state index is -0.0584. The summed E-state index contributed by atoms with van der Waals surface area (Å²) in [5.74, 6) is 1.88. The van der Waals surface area contributed by atoms with Crippen LogP contribution in [0.1, 0.15) is 36.5 Å². The highest BCUT2D eigenvalue weighted by atomic mass is 32.2. The number of aryl methyl sites for hydroxylation is 2. The molecule has 8 heteroatoms. The van der Waals surface area contributed by atoms with Crippen molar-refractivity contribution in [1.82, 2.24) is 19.6 Å². The molecule has 1 atom stereocenters. The SMILES string of the molecule is CCc1nc2sc3c(c2c2nnc(SCC(=O)Nc4ccccc4)n12)CCC(C)C3. The topological polar surface area (TPSA) is 72.2 Å². The number of fused-ring (bicyclic) bond motifs is 5. The fourth-order valence-electron chi connectivity index (χ4n) is 4.06. The highest BCUT2D eigenvalue weighted by Gasteiger charge is 2.25. The summed E-state index contributed by atoms with van der Waals surface area (Å²) in [4.78, 5) is 19.9. The molecule has 3 aromatic heterocycles. The highest BCUT2D eigenvalue weighted by molar-refractivity contribution is 7.99. The van der Waals surface area contributed by atoms with Gasteiger partial charge < -0.3 is 5.32 Å². The van der Waals surface area contributed by atoms with Crippen molar-refractivity contribution in [3.63, 3.8) is 0 Å². The number of anilines is 1. The van der Waals surface area contributed by atoms with Crippen LogP contribution in [-0.2, 0) is 24.1 Å². The van der Waals surface area contributed by atoms with Crippen LogP contribution >= 0.6 is 23.1 Å². The average molecular weight is 438 g/mol. The summed E-state index contributed by atoms with van der Waals surface area (Å²) in [5.41, 5.74) is 3.08. The van der Waals surface area contributed by atoms with E-state index < -0.39 is 0 Å². The number of hydrogen-bond acceptors (Lipinski definition) is 6. The second kappa shape index (κ2) is 8.00. The molecule has 0 spiro atoms. The number of thioether (sulfide) groups is 1. The third kappa shape index (κ3) is 3.48. The predicted molar refractivity (Wildman–Crippen MR) is 123 cm³/mol. The van der Waals surface area contributed by atoms with Crippen molar-refractivity contribution in [3.8, 4) is 0 Å². The Balaban J connectivity index is 1.47. The largest absolute Gasteiger partial charge is 0.325 e. The lowest BCUT2D eigenvalue weighted by Crippen LogP contribution is -2.14. The fourth-order valence-corrected chi connectivity index (χ4v) is 6.20. The number of para-hydroxylation sites is 1. The van der Waals surface area contributed by atoms with E-state index in [1.165, 1.54) is 28.6 Å². The standard InChI is InChI=1S/C22H23N5OS2/c1-3-17-24-21-19(15-10-9-13(2)11-16(15)30-21)20-25-26-22(27(17)20)29-12-18(28)23-14-7-5-4-6-8-14/h4-8,13H,3,9-12H2,1-2H3,(H,23,28). The Labute approximate surface area is 183 Å². The normalized spacial score (nSPS) is 16.1. The molecule has 1 aromatic carbocycles. The van der Waals surface area contributed by atoms with E-state index >= 15 is 0 Å². The van der Waals surface area contributed by atoms with E-state index in [1.807, 2.05) is 46.1 Å². The van der Waals surface area contributed by atoms with Gasteiger partial charge in [0.05, 0.1) is 11.1 Å². The van der Waals surface area contributed by atoms with Gasteiger partial charge in [-0.15, -0.1) is 21.5 Å². The van der Waals surface area contributed by atoms with Crippen molar-refractivity contribution in [2.75, 3.05) is 11.1 Å². The van der Waals surface area contributed by atoms with Crippen molar-refractivity contribution in [2.45, 2.75) is 44.7 Å². The van der Waals surface area contributed by atoms with Crippen LogP contribution in [0.15, 0.2) is 35.5 Å². The van der Waals surface area contributed by atoms with Crippen LogP contribution in [0.4, 0.5) is 5.69 Å². The molecule has 0 fully saturated rings. The summed E-state index contributed by atoms with van der Waals surface area (Å²) in [6, 6.07) is 9.50. The molecular weight excluding hydrogens is 414 g/mol. The molecule has 0 bridgehead atoms. The van der Waals surface area contributed by atoms with Gasteiger partial charge in [0, 0.05) is 17.0 Å². The molecule has 30 heavy (non-hydrogen) atoms. The van der Waals surface area contributed by atoms with Crippen molar-refractivity contribution >= 4 is 50.6 Å². The lowest BCUT2D eigenvalue weighted by Gasteiger charge is -2.17. The number of nitrogens with one attached hydrogen (secondary N) is 1. The summed E-state index contributed by atoms with van der Waals surface area (Å²) >= 11 is 3.22. The number of carbonyl (C=O) groups is 1. The van der Waals surface area contributed by atoms with E-state index in [0.717, 1.165) is 57.7 Å². The predicted octanol–water partition coefficient (Wildman–Crippen LogP) is 4.76. The minimum Gasteiger partial charge on any atom is -0.325 e. The van der Waals surface area contributed by atoms with Crippen molar-refractivity contribution < 1.29 is 4.79 Å². The zero-order valence-corrected chi connectivity index (χ0v) is 18.6. The van der Waals surface area contributed by atoms with Crippen molar-refractivity contribution in [2.24, 2.45) is 5.92 Å². The molecule has 3 heterocycles. The summed E-state index contributed by atoms with van der Waals surface area (Å²) in [5, 5.41) is 13.8. The third-order valence-corrected chi connectivity index (χ3v) is 7.62.